The smallest absolute Gasteiger partial charge is 0.231 e. The van der Waals surface area contributed by atoms with Gasteiger partial charge in [0.15, 0.2) is 28.8 Å². The number of allylic oxidation sites excluding steroid dienone is 2. The second-order valence-corrected chi connectivity index (χ2v) is 9.34. The number of ether oxygens (including phenoxy) is 4. The molecule has 3 aliphatic rings. The molecular formula is C27H28O5. The SMILES string of the molecule is CCC(C)(C)C1C/C(=C\c2ccc3c(c2)OCO3)C(=O)/C(=C/c2ccc3c(c2)OCO3)C1. The summed E-state index contributed by atoms with van der Waals surface area (Å²) in [6, 6.07) is 11.6. The average Bonchev–Trinajstić information content (AvgIpc) is 3.44. The lowest BCUT2D eigenvalue weighted by atomic mass is 9.66. The molecule has 32 heavy (non-hydrogen) atoms. The predicted octanol–water partition coefficient (Wildman–Crippen LogP) is 6.03. The fourth-order valence-electron chi connectivity index (χ4n) is 4.49. The first-order valence-electron chi connectivity index (χ1n) is 11.2. The minimum atomic E-state index is 0.114. The zero-order valence-corrected chi connectivity index (χ0v) is 18.8. The monoisotopic (exact) mass is 432 g/mol. The molecule has 2 heterocycles. The summed E-state index contributed by atoms with van der Waals surface area (Å²) in [5.41, 5.74) is 3.72. The van der Waals surface area contributed by atoms with E-state index >= 15 is 0 Å². The quantitative estimate of drug-likeness (QED) is 0.553. The molecule has 0 bridgehead atoms. The number of carbonyl (C=O) groups is 1. The van der Waals surface area contributed by atoms with Crippen LogP contribution >= 0.6 is 0 Å². The lowest BCUT2D eigenvalue weighted by molar-refractivity contribution is -0.113. The molecule has 2 aromatic carbocycles. The van der Waals surface area contributed by atoms with E-state index in [1.165, 1.54) is 0 Å². The lowest BCUT2D eigenvalue weighted by Gasteiger charge is -2.37. The van der Waals surface area contributed by atoms with E-state index in [-0.39, 0.29) is 24.8 Å². The topological polar surface area (TPSA) is 54.0 Å². The van der Waals surface area contributed by atoms with Crippen LogP contribution in [0.3, 0.4) is 0 Å². The number of hydrogen-bond donors (Lipinski definition) is 0. The van der Waals surface area contributed by atoms with Crippen LogP contribution in [0.2, 0.25) is 0 Å². The third-order valence-corrected chi connectivity index (χ3v) is 7.01. The van der Waals surface area contributed by atoms with Crippen LogP contribution in [0.1, 0.15) is 51.2 Å². The van der Waals surface area contributed by atoms with Crippen LogP contribution in [0.5, 0.6) is 23.0 Å². The Morgan fingerprint density at radius 3 is 1.75 bits per heavy atom. The Morgan fingerprint density at radius 1 is 0.812 bits per heavy atom. The highest BCUT2D eigenvalue weighted by atomic mass is 16.7. The van der Waals surface area contributed by atoms with Crippen LogP contribution in [0.15, 0.2) is 47.5 Å². The maximum Gasteiger partial charge on any atom is 0.231 e. The van der Waals surface area contributed by atoms with Crippen LogP contribution in [0.4, 0.5) is 0 Å². The molecule has 0 atom stereocenters. The fourth-order valence-corrected chi connectivity index (χ4v) is 4.49. The van der Waals surface area contributed by atoms with Crippen molar-refractivity contribution in [1.29, 1.82) is 0 Å². The first-order valence-corrected chi connectivity index (χ1v) is 11.2. The van der Waals surface area contributed by atoms with Gasteiger partial charge in [0.1, 0.15) is 0 Å². The molecule has 0 saturated heterocycles. The predicted molar refractivity (Wildman–Crippen MR) is 123 cm³/mol. The molecule has 0 N–H and O–H groups in total. The second kappa shape index (κ2) is 8.05. The molecule has 0 amide bonds. The summed E-state index contributed by atoms with van der Waals surface area (Å²) < 4.78 is 21.9. The van der Waals surface area contributed by atoms with Gasteiger partial charge in [-0.05, 0) is 71.7 Å². The Hall–Kier alpha value is -3.21. The number of fused-ring (bicyclic) bond motifs is 2. The van der Waals surface area contributed by atoms with Gasteiger partial charge in [-0.3, -0.25) is 4.79 Å². The van der Waals surface area contributed by atoms with Gasteiger partial charge in [0, 0.05) is 11.1 Å². The molecule has 1 fully saturated rings. The Labute approximate surface area is 188 Å². The summed E-state index contributed by atoms with van der Waals surface area (Å²) in [6.07, 6.45) is 6.62. The van der Waals surface area contributed by atoms with Gasteiger partial charge in [-0.2, -0.15) is 0 Å². The number of ketones is 1. The molecule has 166 valence electrons. The van der Waals surface area contributed by atoms with Gasteiger partial charge in [0.05, 0.1) is 0 Å². The summed E-state index contributed by atoms with van der Waals surface area (Å²) in [4.78, 5) is 13.5. The summed E-state index contributed by atoms with van der Waals surface area (Å²) in [5, 5.41) is 0. The van der Waals surface area contributed by atoms with Crippen LogP contribution in [0, 0.1) is 11.3 Å². The maximum absolute atomic E-state index is 13.5. The van der Waals surface area contributed by atoms with E-state index in [1.807, 2.05) is 48.6 Å². The molecule has 5 nitrogen and oxygen atoms in total. The largest absolute Gasteiger partial charge is 0.454 e. The Balaban J connectivity index is 1.51. The van der Waals surface area contributed by atoms with E-state index < -0.39 is 0 Å². The van der Waals surface area contributed by atoms with Crippen molar-refractivity contribution in [2.45, 2.75) is 40.0 Å². The Bertz CT molecular complexity index is 1050. The third-order valence-electron chi connectivity index (χ3n) is 7.01. The normalized spacial score (nSPS) is 22.1. The summed E-state index contributed by atoms with van der Waals surface area (Å²) >= 11 is 0. The van der Waals surface area contributed by atoms with Gasteiger partial charge in [0.25, 0.3) is 0 Å². The first-order chi connectivity index (χ1) is 15.4. The van der Waals surface area contributed by atoms with E-state index in [9.17, 15) is 4.79 Å². The molecule has 1 saturated carbocycles. The summed E-state index contributed by atoms with van der Waals surface area (Å²) in [5.74, 6) is 3.44. The average molecular weight is 433 g/mol. The van der Waals surface area contributed by atoms with Gasteiger partial charge >= 0.3 is 0 Å². The van der Waals surface area contributed by atoms with Crippen molar-refractivity contribution in [3.8, 4) is 23.0 Å². The van der Waals surface area contributed by atoms with E-state index in [1.54, 1.807) is 0 Å². The van der Waals surface area contributed by atoms with Gasteiger partial charge in [-0.1, -0.05) is 39.3 Å². The molecule has 0 spiro atoms. The number of carbonyl (C=O) groups excluding carboxylic acids is 1. The molecular weight excluding hydrogens is 404 g/mol. The summed E-state index contributed by atoms with van der Waals surface area (Å²) in [7, 11) is 0. The van der Waals surface area contributed by atoms with Crippen molar-refractivity contribution in [2.75, 3.05) is 13.6 Å². The molecule has 0 radical (unpaired) electrons. The van der Waals surface area contributed by atoms with Crippen molar-refractivity contribution in [3.63, 3.8) is 0 Å². The van der Waals surface area contributed by atoms with Gasteiger partial charge in [0.2, 0.25) is 13.6 Å². The standard InChI is InChI=1S/C27H28O5/c1-4-27(2,3)21-13-19(9-17-5-7-22-24(11-17)31-15-29-22)26(28)20(14-21)10-18-6-8-23-25(12-18)32-16-30-23/h5-12,21H,4,13-16H2,1-3H3/b19-9+,20-10+. The molecule has 2 aromatic rings. The second-order valence-electron chi connectivity index (χ2n) is 9.34. The maximum atomic E-state index is 13.5. The lowest BCUT2D eigenvalue weighted by Crippen LogP contribution is -2.30. The number of rotatable bonds is 4. The highest BCUT2D eigenvalue weighted by Gasteiger charge is 2.36. The van der Waals surface area contributed by atoms with Crippen LogP contribution < -0.4 is 18.9 Å². The number of benzene rings is 2. The number of Topliss-reactive ketones (excluding diaryl/α,β-unsaturated/α-hetero) is 1. The number of hydrogen-bond acceptors (Lipinski definition) is 5. The van der Waals surface area contributed by atoms with Crippen LogP contribution in [-0.4, -0.2) is 19.4 Å². The molecule has 1 aliphatic carbocycles. The fraction of sp³-hybridized carbons (Fsp3) is 0.370. The third kappa shape index (κ3) is 3.88. The van der Waals surface area contributed by atoms with Gasteiger partial charge < -0.3 is 18.9 Å². The zero-order chi connectivity index (χ0) is 22.3. The first kappa shape index (κ1) is 20.7. The van der Waals surface area contributed by atoms with Crippen molar-refractivity contribution in [1.82, 2.24) is 0 Å². The molecule has 5 heteroatoms. The minimum Gasteiger partial charge on any atom is -0.454 e. The van der Waals surface area contributed by atoms with Crippen LogP contribution in [0.25, 0.3) is 12.2 Å². The minimum absolute atomic E-state index is 0.114. The van der Waals surface area contributed by atoms with E-state index in [0.717, 1.165) is 64.5 Å². The Kier molecular flexibility index (Phi) is 5.20. The van der Waals surface area contributed by atoms with Crippen molar-refractivity contribution >= 4 is 17.9 Å². The highest BCUT2D eigenvalue weighted by Crippen LogP contribution is 2.44. The van der Waals surface area contributed by atoms with Gasteiger partial charge in [-0.15, -0.1) is 0 Å². The van der Waals surface area contributed by atoms with E-state index in [0.29, 0.717) is 5.92 Å². The van der Waals surface area contributed by atoms with Crippen LogP contribution in [-0.2, 0) is 4.79 Å². The highest BCUT2D eigenvalue weighted by molar-refractivity contribution is 6.14. The van der Waals surface area contributed by atoms with Crippen molar-refractivity contribution in [2.24, 2.45) is 11.3 Å². The van der Waals surface area contributed by atoms with Crippen molar-refractivity contribution in [3.05, 3.63) is 58.7 Å². The molecule has 0 unspecified atom stereocenters. The Morgan fingerprint density at radius 2 is 1.28 bits per heavy atom. The summed E-state index contributed by atoms with van der Waals surface area (Å²) in [6.45, 7) is 7.29. The van der Waals surface area contributed by atoms with Crippen molar-refractivity contribution < 1.29 is 23.7 Å². The van der Waals surface area contributed by atoms with E-state index in [2.05, 4.69) is 20.8 Å². The van der Waals surface area contributed by atoms with E-state index in [4.69, 9.17) is 18.9 Å². The molecule has 5 rings (SSSR count). The molecule has 2 aliphatic heterocycles. The molecule has 0 aromatic heterocycles. The zero-order valence-electron chi connectivity index (χ0n) is 18.8. The van der Waals surface area contributed by atoms with Gasteiger partial charge in [-0.25, -0.2) is 0 Å².